The molecular weight excluding hydrogens is 282 g/mol. The normalized spacial score (nSPS) is 24.0. The minimum Gasteiger partial charge on any atom is -0.478 e. The highest BCUT2D eigenvalue weighted by Crippen LogP contribution is 2.34. The topological polar surface area (TPSA) is 61.9 Å². The van der Waals surface area contributed by atoms with Crippen molar-refractivity contribution in [2.75, 3.05) is 32.5 Å². The van der Waals surface area contributed by atoms with Gasteiger partial charge in [0.05, 0.1) is 11.3 Å². The molecule has 22 heavy (non-hydrogen) atoms. The lowest BCUT2D eigenvalue weighted by molar-refractivity contribution is -0.122. The lowest BCUT2D eigenvalue weighted by Crippen LogP contribution is -2.37. The van der Waals surface area contributed by atoms with Crippen LogP contribution in [0.1, 0.15) is 23.7 Å². The van der Waals surface area contributed by atoms with Crippen molar-refractivity contribution in [3.05, 3.63) is 23.8 Å². The molecule has 6 heteroatoms. The van der Waals surface area contributed by atoms with E-state index >= 15 is 0 Å². The Morgan fingerprint density at radius 3 is 2.86 bits per heavy atom. The van der Waals surface area contributed by atoms with Crippen LogP contribution in [0.2, 0.25) is 0 Å². The Balaban J connectivity index is 1.85. The summed E-state index contributed by atoms with van der Waals surface area (Å²) in [5.41, 5.74) is 1.08. The first kappa shape index (κ1) is 14.8. The molecule has 2 aliphatic rings. The zero-order valence-corrected chi connectivity index (χ0v) is 13.1. The molecule has 0 aliphatic carbocycles. The number of hydrogen-bond acceptors (Lipinski definition) is 4. The van der Waals surface area contributed by atoms with E-state index in [0.717, 1.165) is 19.5 Å². The van der Waals surface area contributed by atoms with Crippen molar-refractivity contribution < 1.29 is 14.3 Å². The van der Waals surface area contributed by atoms with E-state index in [1.54, 1.807) is 25.1 Å². The van der Waals surface area contributed by atoms with E-state index in [1.165, 1.54) is 0 Å². The van der Waals surface area contributed by atoms with Crippen LogP contribution in [0.5, 0.6) is 5.75 Å². The molecule has 1 N–H and O–H groups in total. The largest absolute Gasteiger partial charge is 0.478 e. The van der Waals surface area contributed by atoms with Crippen molar-refractivity contribution >= 4 is 17.5 Å². The predicted molar refractivity (Wildman–Crippen MR) is 83.2 cm³/mol. The second-order valence-corrected chi connectivity index (χ2v) is 6.09. The number of rotatable bonds is 2. The molecule has 0 saturated carbocycles. The van der Waals surface area contributed by atoms with Gasteiger partial charge in [-0.25, -0.2) is 0 Å². The van der Waals surface area contributed by atoms with Gasteiger partial charge in [0.1, 0.15) is 0 Å². The average Bonchev–Trinajstić information content (AvgIpc) is 2.97. The molecule has 3 rings (SSSR count). The second kappa shape index (κ2) is 5.61. The van der Waals surface area contributed by atoms with Crippen molar-refractivity contribution in [3.8, 4) is 5.75 Å². The van der Waals surface area contributed by atoms with Gasteiger partial charge in [-0.3, -0.25) is 9.59 Å². The maximum Gasteiger partial charge on any atom is 0.265 e. The van der Waals surface area contributed by atoms with Gasteiger partial charge in [0, 0.05) is 19.1 Å². The maximum atomic E-state index is 12.8. The third-order valence-corrected chi connectivity index (χ3v) is 4.35. The molecular formula is C16H21N3O3. The number of nitrogens with zero attached hydrogens (tertiary/aromatic N) is 2. The molecule has 1 fully saturated rings. The second-order valence-electron chi connectivity index (χ2n) is 6.09. The summed E-state index contributed by atoms with van der Waals surface area (Å²) < 4.78 is 5.66. The average molecular weight is 303 g/mol. The van der Waals surface area contributed by atoms with E-state index in [4.69, 9.17) is 4.74 Å². The molecule has 1 aromatic rings. The summed E-state index contributed by atoms with van der Waals surface area (Å²) >= 11 is 0. The summed E-state index contributed by atoms with van der Waals surface area (Å²) in [6.45, 7) is 3.14. The van der Waals surface area contributed by atoms with Crippen LogP contribution in [0.15, 0.2) is 18.2 Å². The van der Waals surface area contributed by atoms with Gasteiger partial charge in [-0.15, -0.1) is 0 Å². The molecule has 2 amide bonds. The predicted octanol–water partition coefficient (Wildman–Crippen LogP) is 1.18. The van der Waals surface area contributed by atoms with Crippen molar-refractivity contribution in [3.63, 3.8) is 0 Å². The Morgan fingerprint density at radius 1 is 1.41 bits per heavy atom. The van der Waals surface area contributed by atoms with E-state index < -0.39 is 6.10 Å². The number of nitrogens with one attached hydrogen (secondary N) is 1. The highest BCUT2D eigenvalue weighted by Gasteiger charge is 2.32. The molecule has 0 bridgehead atoms. The van der Waals surface area contributed by atoms with Gasteiger partial charge in [-0.05, 0) is 39.6 Å². The zero-order chi connectivity index (χ0) is 15.9. The number of carbonyl (C=O) groups excluding carboxylic acids is 2. The summed E-state index contributed by atoms with van der Waals surface area (Å²) in [7, 11) is 4.06. The van der Waals surface area contributed by atoms with E-state index in [-0.39, 0.29) is 11.8 Å². The molecule has 2 unspecified atom stereocenters. The van der Waals surface area contributed by atoms with Crippen molar-refractivity contribution in [2.24, 2.45) is 0 Å². The number of amides is 2. The third-order valence-electron chi connectivity index (χ3n) is 4.35. The Labute approximate surface area is 130 Å². The Hall–Kier alpha value is -2.08. The van der Waals surface area contributed by atoms with Crippen LogP contribution < -0.4 is 10.1 Å². The molecule has 0 spiro atoms. The molecule has 0 aromatic heterocycles. The number of anilines is 1. The van der Waals surface area contributed by atoms with E-state index in [2.05, 4.69) is 10.2 Å². The fourth-order valence-corrected chi connectivity index (χ4v) is 2.91. The van der Waals surface area contributed by atoms with Crippen LogP contribution in [0.25, 0.3) is 0 Å². The fraction of sp³-hybridized carbons (Fsp3) is 0.500. The van der Waals surface area contributed by atoms with Crippen LogP contribution in [0.3, 0.4) is 0 Å². The van der Waals surface area contributed by atoms with Gasteiger partial charge in [0.15, 0.2) is 11.9 Å². The van der Waals surface area contributed by atoms with Crippen LogP contribution in [-0.2, 0) is 4.79 Å². The summed E-state index contributed by atoms with van der Waals surface area (Å²) in [6.07, 6.45) is 0.386. The number of fused-ring (bicyclic) bond motifs is 1. The van der Waals surface area contributed by atoms with Crippen LogP contribution in [-0.4, -0.2) is 60.9 Å². The summed E-state index contributed by atoms with van der Waals surface area (Å²) in [6, 6.07) is 5.67. The molecule has 2 heterocycles. The monoisotopic (exact) mass is 303 g/mol. The van der Waals surface area contributed by atoms with E-state index in [0.29, 0.717) is 23.0 Å². The molecule has 1 aromatic carbocycles. The molecule has 2 aliphatic heterocycles. The quantitative estimate of drug-likeness (QED) is 0.891. The fourth-order valence-electron chi connectivity index (χ4n) is 2.91. The minimum atomic E-state index is -0.588. The summed E-state index contributed by atoms with van der Waals surface area (Å²) in [4.78, 5) is 28.5. The lowest BCUT2D eigenvalue weighted by atomic mass is 10.1. The molecule has 118 valence electrons. The zero-order valence-electron chi connectivity index (χ0n) is 13.1. The first-order chi connectivity index (χ1) is 10.5. The summed E-state index contributed by atoms with van der Waals surface area (Å²) in [5, 5.41) is 2.78. The highest BCUT2D eigenvalue weighted by atomic mass is 16.5. The lowest BCUT2D eigenvalue weighted by Gasteiger charge is -2.26. The number of likely N-dealkylation sites (tertiary alicyclic amines) is 1. The maximum absolute atomic E-state index is 12.8. The molecule has 1 saturated heterocycles. The Morgan fingerprint density at radius 2 is 2.18 bits per heavy atom. The first-order valence-corrected chi connectivity index (χ1v) is 7.53. The number of para-hydroxylation sites is 1. The third kappa shape index (κ3) is 2.54. The van der Waals surface area contributed by atoms with Crippen LogP contribution in [0.4, 0.5) is 5.69 Å². The van der Waals surface area contributed by atoms with Gasteiger partial charge in [0.25, 0.3) is 11.8 Å². The van der Waals surface area contributed by atoms with Gasteiger partial charge < -0.3 is 19.9 Å². The first-order valence-electron chi connectivity index (χ1n) is 7.53. The van der Waals surface area contributed by atoms with E-state index in [9.17, 15) is 9.59 Å². The van der Waals surface area contributed by atoms with Gasteiger partial charge >= 0.3 is 0 Å². The van der Waals surface area contributed by atoms with Gasteiger partial charge in [0.2, 0.25) is 0 Å². The molecule has 0 radical (unpaired) electrons. The van der Waals surface area contributed by atoms with Gasteiger partial charge in [-0.2, -0.15) is 0 Å². The number of likely N-dealkylation sites (N-methyl/N-ethyl adjacent to an activating group) is 1. The SMILES string of the molecule is CC1Oc2c(cccc2C(=O)N2CCC(N(C)C)C2)NC1=O. The van der Waals surface area contributed by atoms with Crippen molar-refractivity contribution in [1.29, 1.82) is 0 Å². The van der Waals surface area contributed by atoms with E-state index in [1.807, 2.05) is 19.0 Å². The van der Waals surface area contributed by atoms with Crippen LogP contribution >= 0.6 is 0 Å². The van der Waals surface area contributed by atoms with Crippen LogP contribution in [0, 0.1) is 0 Å². The molecule has 2 atom stereocenters. The van der Waals surface area contributed by atoms with Crippen molar-refractivity contribution in [1.82, 2.24) is 9.80 Å². The smallest absolute Gasteiger partial charge is 0.265 e. The summed E-state index contributed by atoms with van der Waals surface area (Å²) in [5.74, 6) is 0.253. The van der Waals surface area contributed by atoms with Crippen molar-refractivity contribution in [2.45, 2.75) is 25.5 Å². The highest BCUT2D eigenvalue weighted by molar-refractivity contribution is 6.04. The van der Waals surface area contributed by atoms with Gasteiger partial charge in [-0.1, -0.05) is 6.07 Å². The molecule has 6 nitrogen and oxygen atoms in total. The Kier molecular flexibility index (Phi) is 3.78. The number of benzene rings is 1. The number of carbonyl (C=O) groups is 2. The standard InChI is InChI=1S/C16H21N3O3/c1-10-15(20)17-13-6-4-5-12(14(13)22-10)16(21)19-8-7-11(9-19)18(2)3/h4-6,10-11H,7-9H2,1-3H3,(H,17,20). The number of hydrogen-bond donors (Lipinski definition) is 1. The minimum absolute atomic E-state index is 0.0375. The Bertz CT molecular complexity index is 615. The number of ether oxygens (including phenoxy) is 1.